The summed E-state index contributed by atoms with van der Waals surface area (Å²) in [4.78, 5) is 23.8. The van der Waals surface area contributed by atoms with E-state index in [1.807, 2.05) is 0 Å². The molecule has 2 aliphatic rings. The van der Waals surface area contributed by atoms with Crippen molar-refractivity contribution in [1.29, 1.82) is 0 Å². The molecular weight excluding hydrogens is 336 g/mol. The van der Waals surface area contributed by atoms with Gasteiger partial charge < -0.3 is 18.9 Å². The Morgan fingerprint density at radius 1 is 0.577 bits per heavy atom. The zero-order valence-electron chi connectivity index (χ0n) is 15.1. The van der Waals surface area contributed by atoms with E-state index in [0.717, 1.165) is 11.1 Å². The Labute approximate surface area is 152 Å². The fourth-order valence-corrected chi connectivity index (χ4v) is 2.33. The van der Waals surface area contributed by atoms with Crippen LogP contribution in [0.25, 0.3) is 0 Å². The van der Waals surface area contributed by atoms with Crippen LogP contribution in [0.1, 0.15) is 0 Å². The first-order chi connectivity index (χ1) is 12.5. The second-order valence-electron chi connectivity index (χ2n) is 5.23. The van der Waals surface area contributed by atoms with Gasteiger partial charge in [0, 0.05) is 0 Å². The minimum absolute atomic E-state index is 0.216. The Morgan fingerprint density at radius 2 is 0.846 bits per heavy atom. The van der Waals surface area contributed by atoms with Gasteiger partial charge in [-0.2, -0.15) is 0 Å². The van der Waals surface area contributed by atoms with Crippen LogP contribution >= 0.6 is 0 Å². The molecule has 0 bridgehead atoms. The summed E-state index contributed by atoms with van der Waals surface area (Å²) in [6.07, 6.45) is 13.7. The Hall–Kier alpha value is -3.28. The summed E-state index contributed by atoms with van der Waals surface area (Å²) in [6, 6.07) is 0. The number of rotatable bonds is 6. The number of ether oxygens (including phenoxy) is 4. The third-order valence-electron chi connectivity index (χ3n) is 3.65. The van der Waals surface area contributed by atoms with E-state index in [0.29, 0.717) is 0 Å². The van der Waals surface area contributed by atoms with E-state index in [9.17, 15) is 9.59 Å². The number of ketones is 2. The molecule has 26 heavy (non-hydrogen) atoms. The Balaban J connectivity index is 2.22. The number of methoxy groups -OCH3 is 4. The number of hydrogen-bond acceptors (Lipinski definition) is 6. The van der Waals surface area contributed by atoms with Crippen molar-refractivity contribution in [3.05, 3.63) is 82.8 Å². The van der Waals surface area contributed by atoms with Gasteiger partial charge in [-0.05, 0) is 35.5 Å². The molecule has 0 aromatic rings. The van der Waals surface area contributed by atoms with Crippen molar-refractivity contribution >= 4 is 11.6 Å². The monoisotopic (exact) mass is 356 g/mol. The number of carbonyl (C=O) groups excluding carboxylic acids is 2. The molecule has 0 radical (unpaired) electrons. The molecule has 0 heterocycles. The van der Waals surface area contributed by atoms with Gasteiger partial charge in [0.1, 0.15) is 0 Å². The van der Waals surface area contributed by atoms with Crippen molar-refractivity contribution in [1.82, 2.24) is 0 Å². The molecule has 0 atom stereocenters. The van der Waals surface area contributed by atoms with Gasteiger partial charge in [-0.1, -0.05) is 24.3 Å². The summed E-state index contributed by atoms with van der Waals surface area (Å²) in [7, 11) is 5.74. The lowest BCUT2D eigenvalue weighted by atomic mass is 10.0. The molecule has 0 aliphatic heterocycles. The van der Waals surface area contributed by atoms with E-state index in [2.05, 4.69) is 0 Å². The smallest absolute Gasteiger partial charge is 0.261 e. The molecule has 136 valence electrons. The second-order valence-corrected chi connectivity index (χ2v) is 5.23. The summed E-state index contributed by atoms with van der Waals surface area (Å²) in [5, 5.41) is 0. The lowest BCUT2D eigenvalue weighted by Gasteiger charge is -2.13. The van der Waals surface area contributed by atoms with Crippen LogP contribution in [0.15, 0.2) is 82.8 Å². The average Bonchev–Trinajstić information content (AvgIpc) is 2.66. The minimum atomic E-state index is -0.292. The maximum atomic E-state index is 11.9. The van der Waals surface area contributed by atoms with Crippen molar-refractivity contribution < 1.29 is 28.5 Å². The lowest BCUT2D eigenvalue weighted by Crippen LogP contribution is -2.13. The zero-order valence-corrected chi connectivity index (χ0v) is 15.1. The maximum Gasteiger partial charge on any atom is 0.261 e. The number of carbonyl (C=O) groups is 2. The first kappa shape index (κ1) is 19.1. The average molecular weight is 356 g/mol. The molecule has 0 unspecified atom stereocenters. The van der Waals surface area contributed by atoms with E-state index in [-0.39, 0.29) is 34.6 Å². The molecule has 0 aromatic heterocycles. The number of Topliss-reactive ketones (excluding diaryl/α,β-unsaturated/α-hetero) is 2. The van der Waals surface area contributed by atoms with Crippen LogP contribution in [-0.4, -0.2) is 40.0 Å². The quantitative estimate of drug-likeness (QED) is 0.729. The van der Waals surface area contributed by atoms with Crippen LogP contribution < -0.4 is 0 Å². The van der Waals surface area contributed by atoms with Gasteiger partial charge in [-0.15, -0.1) is 0 Å². The van der Waals surface area contributed by atoms with Gasteiger partial charge in [0.15, 0.2) is 23.0 Å². The predicted octanol–water partition coefficient (Wildman–Crippen LogP) is 2.68. The van der Waals surface area contributed by atoms with E-state index < -0.39 is 0 Å². The zero-order chi connectivity index (χ0) is 19.1. The van der Waals surface area contributed by atoms with Crippen LogP contribution in [0.2, 0.25) is 0 Å². The van der Waals surface area contributed by atoms with Crippen molar-refractivity contribution in [3.63, 3.8) is 0 Å². The molecule has 0 saturated carbocycles. The van der Waals surface area contributed by atoms with Crippen molar-refractivity contribution in [3.8, 4) is 0 Å². The second kappa shape index (κ2) is 8.71. The first-order valence-corrected chi connectivity index (χ1v) is 7.74. The van der Waals surface area contributed by atoms with E-state index >= 15 is 0 Å². The third kappa shape index (κ3) is 4.22. The summed E-state index contributed by atoms with van der Waals surface area (Å²) in [5.74, 6) is 0.281. The van der Waals surface area contributed by atoms with Crippen molar-refractivity contribution in [2.45, 2.75) is 0 Å². The summed E-state index contributed by atoms with van der Waals surface area (Å²) < 4.78 is 20.3. The van der Waals surface area contributed by atoms with Crippen molar-refractivity contribution in [2.75, 3.05) is 28.4 Å². The standard InChI is InChI=1S/C20H20O6/c1-23-15-9-13(10-16(24-2)19(15)21)7-5-6-8-14-11-17(25-3)20(22)18(12-14)26-4/h5-12H,1-4H3/b6-5+. The van der Waals surface area contributed by atoms with Gasteiger partial charge >= 0.3 is 0 Å². The Kier molecular flexibility index (Phi) is 6.38. The molecule has 0 fully saturated rings. The fourth-order valence-electron chi connectivity index (χ4n) is 2.33. The normalized spacial score (nSPS) is 17.2. The highest BCUT2D eigenvalue weighted by molar-refractivity contribution is 6.08. The highest BCUT2D eigenvalue weighted by Gasteiger charge is 2.22. The highest BCUT2D eigenvalue weighted by Crippen LogP contribution is 2.21. The van der Waals surface area contributed by atoms with E-state index in [4.69, 9.17) is 18.9 Å². The number of allylic oxidation sites excluding steroid dienone is 10. The van der Waals surface area contributed by atoms with Crippen LogP contribution in [0.5, 0.6) is 0 Å². The van der Waals surface area contributed by atoms with Crippen LogP contribution in [0.4, 0.5) is 0 Å². The minimum Gasteiger partial charge on any atom is -0.492 e. The molecule has 2 aliphatic carbocycles. The maximum absolute atomic E-state index is 11.9. The molecule has 0 aromatic carbocycles. The largest absolute Gasteiger partial charge is 0.492 e. The SMILES string of the molecule is COC1=CC(=C/C=C/C=C2C=C(OC)C(=O)C(OC)=C2)C=C(OC)C1=O. The van der Waals surface area contributed by atoms with Gasteiger partial charge in [-0.25, -0.2) is 0 Å². The highest BCUT2D eigenvalue weighted by atomic mass is 16.5. The number of hydrogen-bond donors (Lipinski definition) is 0. The molecule has 0 amide bonds. The molecule has 2 rings (SSSR count). The van der Waals surface area contributed by atoms with Gasteiger partial charge in [0.05, 0.1) is 28.4 Å². The summed E-state index contributed by atoms with van der Waals surface area (Å²) in [6.45, 7) is 0. The first-order valence-electron chi connectivity index (χ1n) is 7.74. The Bertz CT molecular complexity index is 695. The predicted molar refractivity (Wildman–Crippen MR) is 95.7 cm³/mol. The Morgan fingerprint density at radius 3 is 1.08 bits per heavy atom. The summed E-state index contributed by atoms with van der Waals surface area (Å²) >= 11 is 0. The van der Waals surface area contributed by atoms with Crippen LogP contribution in [0.3, 0.4) is 0 Å². The molecule has 6 nitrogen and oxygen atoms in total. The molecular formula is C20H20O6. The van der Waals surface area contributed by atoms with Gasteiger partial charge in [0.25, 0.3) is 11.6 Å². The van der Waals surface area contributed by atoms with Gasteiger partial charge in [-0.3, -0.25) is 9.59 Å². The fraction of sp³-hybridized carbons (Fsp3) is 0.200. The van der Waals surface area contributed by atoms with Gasteiger partial charge in [0.2, 0.25) is 0 Å². The summed E-state index contributed by atoms with van der Waals surface area (Å²) in [5.41, 5.74) is 1.51. The van der Waals surface area contributed by atoms with E-state index in [1.165, 1.54) is 28.4 Å². The molecule has 6 heteroatoms. The topological polar surface area (TPSA) is 71.1 Å². The van der Waals surface area contributed by atoms with Crippen molar-refractivity contribution in [2.24, 2.45) is 0 Å². The molecule has 0 N–H and O–H groups in total. The van der Waals surface area contributed by atoms with E-state index in [1.54, 1.807) is 48.6 Å². The third-order valence-corrected chi connectivity index (χ3v) is 3.65. The lowest BCUT2D eigenvalue weighted by molar-refractivity contribution is -0.118. The van der Waals surface area contributed by atoms with Crippen LogP contribution in [-0.2, 0) is 28.5 Å². The molecule has 0 saturated heterocycles. The van der Waals surface area contributed by atoms with Crippen LogP contribution in [0, 0.1) is 0 Å². The molecule has 0 spiro atoms.